The molecule has 2 fully saturated rings. The van der Waals surface area contributed by atoms with Gasteiger partial charge in [-0.05, 0) is 26.0 Å². The van der Waals surface area contributed by atoms with Gasteiger partial charge in [-0.1, -0.05) is 18.2 Å². The van der Waals surface area contributed by atoms with Gasteiger partial charge in [0.25, 0.3) is 0 Å². The number of benzene rings is 1. The van der Waals surface area contributed by atoms with E-state index < -0.39 is 23.0 Å². The van der Waals surface area contributed by atoms with Crippen LogP contribution in [0.3, 0.4) is 0 Å². The minimum atomic E-state index is -0.695. The third-order valence-electron chi connectivity index (χ3n) is 5.04. The van der Waals surface area contributed by atoms with E-state index in [0.717, 1.165) is 0 Å². The van der Waals surface area contributed by atoms with Gasteiger partial charge in [0.15, 0.2) is 0 Å². The molecule has 0 N–H and O–H groups in total. The molecule has 0 spiro atoms. The maximum absolute atomic E-state index is 12.9. The van der Waals surface area contributed by atoms with Crippen molar-refractivity contribution in [2.24, 2.45) is 11.8 Å². The molecule has 3 aliphatic heterocycles. The number of carbonyl (C=O) groups is 2. The molecule has 0 unspecified atom stereocenters. The van der Waals surface area contributed by atoms with Gasteiger partial charge >= 0.3 is 0 Å². The standard InChI is InChI=1S/C17H17NO4/c1-16-7-8-17(2,22-16)13-12(16)14(19)18(15(13)20)10-5-4-6-11(9-10)21-3/h4-9,12-13H,1-3H3/t12-,13-,16+,17+/m0/s1. The van der Waals surface area contributed by atoms with Crippen molar-refractivity contribution in [1.82, 2.24) is 0 Å². The molecule has 4 atom stereocenters. The molecule has 114 valence electrons. The van der Waals surface area contributed by atoms with Crippen molar-refractivity contribution in [2.45, 2.75) is 25.0 Å². The molecule has 2 bridgehead atoms. The lowest BCUT2D eigenvalue weighted by Gasteiger charge is -2.25. The number of nitrogens with zero attached hydrogens (tertiary/aromatic N) is 1. The summed E-state index contributed by atoms with van der Waals surface area (Å²) in [7, 11) is 1.56. The quantitative estimate of drug-likeness (QED) is 0.618. The number of fused-ring (bicyclic) bond motifs is 5. The summed E-state index contributed by atoms with van der Waals surface area (Å²) in [6.07, 6.45) is 3.82. The first-order chi connectivity index (χ1) is 10.4. The predicted molar refractivity (Wildman–Crippen MR) is 79.5 cm³/mol. The summed E-state index contributed by atoms with van der Waals surface area (Å²) in [6.45, 7) is 3.75. The first-order valence-corrected chi connectivity index (χ1v) is 7.32. The van der Waals surface area contributed by atoms with E-state index in [1.54, 1.807) is 31.4 Å². The van der Waals surface area contributed by atoms with Crippen LogP contribution in [0.5, 0.6) is 5.75 Å². The summed E-state index contributed by atoms with van der Waals surface area (Å²) in [6, 6.07) is 7.01. The lowest BCUT2D eigenvalue weighted by Crippen LogP contribution is -2.39. The Labute approximate surface area is 128 Å². The van der Waals surface area contributed by atoms with Gasteiger partial charge in [-0.3, -0.25) is 9.59 Å². The highest BCUT2D eigenvalue weighted by molar-refractivity contribution is 6.23. The van der Waals surface area contributed by atoms with Crippen LogP contribution in [0.2, 0.25) is 0 Å². The summed E-state index contributed by atoms with van der Waals surface area (Å²) in [5, 5.41) is 0. The third-order valence-corrected chi connectivity index (χ3v) is 5.04. The zero-order valence-electron chi connectivity index (χ0n) is 12.7. The van der Waals surface area contributed by atoms with E-state index in [1.807, 2.05) is 26.0 Å². The molecule has 2 amide bonds. The molecule has 0 aromatic heterocycles. The molecule has 0 radical (unpaired) electrons. The van der Waals surface area contributed by atoms with E-state index in [0.29, 0.717) is 11.4 Å². The van der Waals surface area contributed by atoms with Crippen LogP contribution in [0, 0.1) is 11.8 Å². The Morgan fingerprint density at radius 2 is 1.68 bits per heavy atom. The van der Waals surface area contributed by atoms with E-state index in [9.17, 15) is 9.59 Å². The average Bonchev–Trinajstić information content (AvgIpc) is 3.04. The van der Waals surface area contributed by atoms with E-state index in [-0.39, 0.29) is 11.8 Å². The van der Waals surface area contributed by atoms with E-state index in [2.05, 4.69) is 0 Å². The predicted octanol–water partition coefficient (Wildman–Crippen LogP) is 1.92. The molecule has 1 aromatic carbocycles. The first-order valence-electron chi connectivity index (χ1n) is 7.32. The summed E-state index contributed by atoms with van der Waals surface area (Å²) in [5.41, 5.74) is -0.838. The van der Waals surface area contributed by atoms with Crippen LogP contribution in [0.25, 0.3) is 0 Å². The molecule has 3 heterocycles. The summed E-state index contributed by atoms with van der Waals surface area (Å²) in [4.78, 5) is 27.1. The summed E-state index contributed by atoms with van der Waals surface area (Å²) in [5.74, 6) is -0.690. The van der Waals surface area contributed by atoms with Gasteiger partial charge in [-0.15, -0.1) is 0 Å². The second-order valence-electron chi connectivity index (χ2n) is 6.47. The van der Waals surface area contributed by atoms with Crippen LogP contribution >= 0.6 is 0 Å². The Morgan fingerprint density at radius 1 is 1.09 bits per heavy atom. The van der Waals surface area contributed by atoms with Crippen molar-refractivity contribution in [3.8, 4) is 5.75 Å². The van der Waals surface area contributed by atoms with Crippen molar-refractivity contribution in [3.63, 3.8) is 0 Å². The SMILES string of the molecule is COc1cccc(N2C(=O)[C@@H]3[C@@H](C2=O)[C@@]2(C)C=C[C@@]3(C)O2)c1. The topological polar surface area (TPSA) is 55.8 Å². The van der Waals surface area contributed by atoms with Crippen LogP contribution in [-0.4, -0.2) is 30.1 Å². The number of anilines is 1. The van der Waals surface area contributed by atoms with Crippen LogP contribution in [0.15, 0.2) is 36.4 Å². The molecule has 0 aliphatic carbocycles. The highest BCUT2D eigenvalue weighted by atomic mass is 16.5. The van der Waals surface area contributed by atoms with Gasteiger partial charge in [-0.25, -0.2) is 4.90 Å². The van der Waals surface area contributed by atoms with Crippen LogP contribution in [-0.2, 0) is 14.3 Å². The minimum absolute atomic E-state index is 0.196. The number of imide groups is 1. The molecule has 0 saturated carbocycles. The zero-order chi connectivity index (χ0) is 15.7. The normalized spacial score (nSPS) is 38.8. The van der Waals surface area contributed by atoms with Gasteiger partial charge in [-0.2, -0.15) is 0 Å². The van der Waals surface area contributed by atoms with Crippen molar-refractivity contribution in [3.05, 3.63) is 36.4 Å². The Bertz CT molecular complexity index is 691. The lowest BCUT2D eigenvalue weighted by molar-refractivity contribution is -0.128. The number of hydrogen-bond donors (Lipinski definition) is 0. The highest BCUT2D eigenvalue weighted by Gasteiger charge is 2.70. The molecule has 22 heavy (non-hydrogen) atoms. The van der Waals surface area contributed by atoms with Gasteiger partial charge in [0.1, 0.15) is 5.75 Å². The van der Waals surface area contributed by atoms with Crippen LogP contribution in [0.1, 0.15) is 13.8 Å². The van der Waals surface area contributed by atoms with Crippen molar-refractivity contribution in [2.75, 3.05) is 12.0 Å². The van der Waals surface area contributed by atoms with E-state index in [1.165, 1.54) is 4.90 Å². The number of rotatable bonds is 2. The summed E-state index contributed by atoms with van der Waals surface area (Å²) >= 11 is 0. The number of carbonyl (C=O) groups excluding carboxylic acids is 2. The Hall–Kier alpha value is -2.14. The molecule has 5 nitrogen and oxygen atoms in total. The van der Waals surface area contributed by atoms with Gasteiger partial charge < -0.3 is 9.47 Å². The third kappa shape index (κ3) is 1.47. The fourth-order valence-corrected chi connectivity index (χ4v) is 4.04. The fourth-order valence-electron chi connectivity index (χ4n) is 4.04. The maximum Gasteiger partial charge on any atom is 0.241 e. The molecule has 2 saturated heterocycles. The van der Waals surface area contributed by atoms with Crippen LogP contribution in [0.4, 0.5) is 5.69 Å². The van der Waals surface area contributed by atoms with E-state index in [4.69, 9.17) is 9.47 Å². The summed E-state index contributed by atoms with van der Waals surface area (Å²) < 4.78 is 11.2. The van der Waals surface area contributed by atoms with Gasteiger partial charge in [0, 0.05) is 6.07 Å². The fraction of sp³-hybridized carbons (Fsp3) is 0.412. The Balaban J connectivity index is 1.79. The smallest absolute Gasteiger partial charge is 0.241 e. The highest BCUT2D eigenvalue weighted by Crippen LogP contribution is 2.57. The number of ether oxygens (including phenoxy) is 2. The van der Waals surface area contributed by atoms with Crippen LogP contribution < -0.4 is 9.64 Å². The number of amides is 2. The molecular weight excluding hydrogens is 282 g/mol. The first kappa shape index (κ1) is 13.5. The van der Waals surface area contributed by atoms with Gasteiger partial charge in [0.2, 0.25) is 11.8 Å². The van der Waals surface area contributed by atoms with E-state index >= 15 is 0 Å². The van der Waals surface area contributed by atoms with Gasteiger partial charge in [0.05, 0.1) is 35.8 Å². The Morgan fingerprint density at radius 3 is 2.23 bits per heavy atom. The second kappa shape index (κ2) is 3.98. The zero-order valence-corrected chi connectivity index (χ0v) is 12.7. The molecule has 1 aromatic rings. The molecule has 4 rings (SSSR count). The van der Waals surface area contributed by atoms with Crippen molar-refractivity contribution >= 4 is 17.5 Å². The van der Waals surface area contributed by atoms with Crippen molar-refractivity contribution in [1.29, 1.82) is 0 Å². The van der Waals surface area contributed by atoms with Crippen molar-refractivity contribution < 1.29 is 19.1 Å². The maximum atomic E-state index is 12.9. The Kier molecular flexibility index (Phi) is 2.45. The number of methoxy groups -OCH3 is 1. The lowest BCUT2D eigenvalue weighted by atomic mass is 9.73. The molecular formula is C17H17NO4. The number of hydrogen-bond acceptors (Lipinski definition) is 4. The monoisotopic (exact) mass is 299 g/mol. The minimum Gasteiger partial charge on any atom is -0.497 e. The average molecular weight is 299 g/mol. The molecule has 3 aliphatic rings. The largest absolute Gasteiger partial charge is 0.497 e. The molecule has 5 heteroatoms. The second-order valence-corrected chi connectivity index (χ2v) is 6.47.